The number of hydrogen-bond acceptors (Lipinski definition) is 7. The Morgan fingerprint density at radius 3 is 2.95 bits per heavy atom. The van der Waals surface area contributed by atoms with E-state index in [0.29, 0.717) is 11.4 Å². The Morgan fingerprint density at radius 1 is 1.53 bits per heavy atom. The largest absolute Gasteiger partial charge is 0.465 e. The first-order chi connectivity index (χ1) is 9.11. The fraction of sp³-hybridized carbons (Fsp3) is 0.333. The number of methoxy groups -OCH3 is 1. The van der Waals surface area contributed by atoms with Crippen molar-refractivity contribution in [3.05, 3.63) is 34.2 Å². The van der Waals surface area contributed by atoms with Gasteiger partial charge in [0.05, 0.1) is 13.2 Å². The molecule has 2 aromatic heterocycles. The summed E-state index contributed by atoms with van der Waals surface area (Å²) in [5.74, 6) is -0.0205. The van der Waals surface area contributed by atoms with E-state index in [2.05, 4.69) is 20.3 Å². The molecule has 7 heteroatoms. The minimum atomic E-state index is -0.467. The summed E-state index contributed by atoms with van der Waals surface area (Å²) in [6.45, 7) is 3.90. The van der Waals surface area contributed by atoms with E-state index in [9.17, 15) is 4.79 Å². The quantitative estimate of drug-likeness (QED) is 0.864. The van der Waals surface area contributed by atoms with Gasteiger partial charge in [-0.05, 0) is 13.8 Å². The lowest BCUT2D eigenvalue weighted by molar-refractivity contribution is 0.0601. The average molecular weight is 278 g/mol. The van der Waals surface area contributed by atoms with Gasteiger partial charge in [0.2, 0.25) is 0 Å². The Morgan fingerprint density at radius 2 is 2.32 bits per heavy atom. The second kappa shape index (κ2) is 5.75. The molecule has 1 atom stereocenters. The normalized spacial score (nSPS) is 11.9. The van der Waals surface area contributed by atoms with Crippen LogP contribution in [0.3, 0.4) is 0 Å². The molecule has 0 fully saturated rings. The van der Waals surface area contributed by atoms with E-state index < -0.39 is 5.97 Å². The fourth-order valence-electron chi connectivity index (χ4n) is 1.54. The summed E-state index contributed by atoms with van der Waals surface area (Å²) < 4.78 is 4.70. The van der Waals surface area contributed by atoms with Gasteiger partial charge >= 0.3 is 5.97 Å². The molecule has 0 aliphatic heterocycles. The Hall–Kier alpha value is -2.02. The number of esters is 1. The first-order valence-electron chi connectivity index (χ1n) is 5.68. The van der Waals surface area contributed by atoms with Crippen LogP contribution in [0, 0.1) is 6.92 Å². The molecule has 2 aromatic rings. The van der Waals surface area contributed by atoms with Gasteiger partial charge in [0.25, 0.3) is 0 Å². The molecule has 1 unspecified atom stereocenters. The first-order valence-corrected chi connectivity index (χ1v) is 6.56. The highest BCUT2D eigenvalue weighted by atomic mass is 32.1. The third-order valence-corrected chi connectivity index (χ3v) is 3.62. The van der Waals surface area contributed by atoms with E-state index in [4.69, 9.17) is 4.74 Å². The maximum absolute atomic E-state index is 11.6. The number of ether oxygens (including phenoxy) is 1. The van der Waals surface area contributed by atoms with Crippen LogP contribution in [-0.2, 0) is 4.74 Å². The van der Waals surface area contributed by atoms with E-state index in [1.165, 1.54) is 19.6 Å². The summed E-state index contributed by atoms with van der Waals surface area (Å²) in [4.78, 5) is 23.9. The highest BCUT2D eigenvalue weighted by Gasteiger charge is 2.17. The SMILES string of the molecule is COC(=O)c1cncnc1NC(C)c1nc(C)cs1. The number of aromatic nitrogens is 3. The van der Waals surface area contributed by atoms with Crippen molar-refractivity contribution in [1.29, 1.82) is 0 Å². The van der Waals surface area contributed by atoms with E-state index in [1.54, 1.807) is 11.3 Å². The van der Waals surface area contributed by atoms with Gasteiger partial charge in [-0.1, -0.05) is 0 Å². The molecule has 0 spiro atoms. The van der Waals surface area contributed by atoms with Crippen LogP contribution in [0.2, 0.25) is 0 Å². The van der Waals surface area contributed by atoms with Gasteiger partial charge < -0.3 is 10.1 Å². The van der Waals surface area contributed by atoms with Gasteiger partial charge in [-0.3, -0.25) is 0 Å². The molecule has 0 aliphatic carbocycles. The van der Waals surface area contributed by atoms with Crippen molar-refractivity contribution < 1.29 is 9.53 Å². The Kier molecular flexibility index (Phi) is 4.06. The zero-order chi connectivity index (χ0) is 13.8. The molecule has 0 aromatic carbocycles. The molecular formula is C12H14N4O2S. The third-order valence-electron chi connectivity index (χ3n) is 2.48. The molecule has 0 saturated heterocycles. The summed E-state index contributed by atoms with van der Waals surface area (Å²) in [5.41, 5.74) is 1.29. The Balaban J connectivity index is 2.21. The van der Waals surface area contributed by atoms with Crippen molar-refractivity contribution in [3.8, 4) is 0 Å². The molecule has 0 saturated carbocycles. The maximum Gasteiger partial charge on any atom is 0.343 e. The van der Waals surface area contributed by atoms with Crippen LogP contribution < -0.4 is 5.32 Å². The highest BCUT2D eigenvalue weighted by Crippen LogP contribution is 2.23. The minimum Gasteiger partial charge on any atom is -0.465 e. The second-order valence-electron chi connectivity index (χ2n) is 3.97. The molecule has 0 radical (unpaired) electrons. The Labute approximate surface area is 114 Å². The zero-order valence-corrected chi connectivity index (χ0v) is 11.7. The van der Waals surface area contributed by atoms with E-state index >= 15 is 0 Å². The van der Waals surface area contributed by atoms with Crippen LogP contribution in [0.15, 0.2) is 17.9 Å². The minimum absolute atomic E-state index is 0.0444. The fourth-order valence-corrected chi connectivity index (χ4v) is 2.35. The molecule has 0 bridgehead atoms. The standard InChI is InChI=1S/C12H14N4O2S/c1-7-5-19-11(15-7)8(2)16-10-9(12(17)18-3)4-13-6-14-10/h4-6,8H,1-3H3,(H,13,14,16). The summed E-state index contributed by atoms with van der Waals surface area (Å²) in [5, 5.41) is 6.07. The van der Waals surface area contributed by atoms with Gasteiger partial charge in [0.1, 0.15) is 22.7 Å². The average Bonchev–Trinajstić information content (AvgIpc) is 2.85. The zero-order valence-electron chi connectivity index (χ0n) is 10.9. The van der Waals surface area contributed by atoms with E-state index in [1.807, 2.05) is 19.2 Å². The van der Waals surface area contributed by atoms with Crippen molar-refractivity contribution >= 4 is 23.1 Å². The Bertz CT molecular complexity index is 585. The number of rotatable bonds is 4. The summed E-state index contributed by atoms with van der Waals surface area (Å²) in [6.07, 6.45) is 2.82. The molecule has 2 rings (SSSR count). The lowest BCUT2D eigenvalue weighted by atomic mass is 10.2. The third kappa shape index (κ3) is 3.05. The van der Waals surface area contributed by atoms with Crippen LogP contribution >= 0.6 is 11.3 Å². The van der Waals surface area contributed by atoms with Crippen LogP contribution in [0.4, 0.5) is 5.82 Å². The predicted molar refractivity (Wildman–Crippen MR) is 72.3 cm³/mol. The van der Waals surface area contributed by atoms with Crippen molar-refractivity contribution in [2.75, 3.05) is 12.4 Å². The lowest BCUT2D eigenvalue weighted by Crippen LogP contribution is -2.13. The lowest BCUT2D eigenvalue weighted by Gasteiger charge is -2.13. The van der Waals surface area contributed by atoms with Gasteiger partial charge in [0, 0.05) is 17.3 Å². The number of carbonyl (C=O) groups excluding carboxylic acids is 1. The second-order valence-corrected chi connectivity index (χ2v) is 4.86. The van der Waals surface area contributed by atoms with Crippen molar-refractivity contribution in [3.63, 3.8) is 0 Å². The topological polar surface area (TPSA) is 77.0 Å². The maximum atomic E-state index is 11.6. The van der Waals surface area contributed by atoms with Gasteiger partial charge in [-0.2, -0.15) is 0 Å². The number of carbonyl (C=O) groups is 1. The number of aryl methyl sites for hydroxylation is 1. The number of anilines is 1. The number of thiazole rings is 1. The molecule has 2 heterocycles. The molecule has 0 amide bonds. The van der Waals surface area contributed by atoms with Gasteiger partial charge in [-0.25, -0.2) is 19.7 Å². The smallest absolute Gasteiger partial charge is 0.343 e. The summed E-state index contributed by atoms with van der Waals surface area (Å²) in [6, 6.07) is -0.0444. The summed E-state index contributed by atoms with van der Waals surface area (Å²) >= 11 is 1.56. The van der Waals surface area contributed by atoms with E-state index in [0.717, 1.165) is 10.7 Å². The molecule has 0 aliphatic rings. The number of nitrogens with zero attached hydrogens (tertiary/aromatic N) is 3. The van der Waals surface area contributed by atoms with Crippen LogP contribution in [0.25, 0.3) is 0 Å². The monoisotopic (exact) mass is 278 g/mol. The van der Waals surface area contributed by atoms with Crippen molar-refractivity contribution in [2.24, 2.45) is 0 Å². The molecule has 100 valence electrons. The molecule has 1 N–H and O–H groups in total. The van der Waals surface area contributed by atoms with Gasteiger partial charge in [0.15, 0.2) is 0 Å². The number of hydrogen-bond donors (Lipinski definition) is 1. The first kappa shape index (κ1) is 13.4. The van der Waals surface area contributed by atoms with Crippen LogP contribution in [-0.4, -0.2) is 28.0 Å². The van der Waals surface area contributed by atoms with Gasteiger partial charge in [-0.15, -0.1) is 11.3 Å². The molecule has 19 heavy (non-hydrogen) atoms. The van der Waals surface area contributed by atoms with E-state index in [-0.39, 0.29) is 6.04 Å². The van der Waals surface area contributed by atoms with Crippen LogP contribution in [0.5, 0.6) is 0 Å². The highest BCUT2D eigenvalue weighted by molar-refractivity contribution is 7.09. The molecular weight excluding hydrogens is 264 g/mol. The predicted octanol–water partition coefficient (Wildman–Crippen LogP) is 2.20. The summed E-state index contributed by atoms with van der Waals surface area (Å²) in [7, 11) is 1.33. The van der Waals surface area contributed by atoms with Crippen molar-refractivity contribution in [1.82, 2.24) is 15.0 Å². The van der Waals surface area contributed by atoms with Crippen molar-refractivity contribution in [2.45, 2.75) is 19.9 Å². The molecule has 6 nitrogen and oxygen atoms in total. The van der Waals surface area contributed by atoms with Crippen LogP contribution in [0.1, 0.15) is 34.0 Å². The number of nitrogens with one attached hydrogen (secondary N) is 1.